The number of hydrogen-bond acceptors (Lipinski definition) is 0. The molecular formula is C19H19B. The van der Waals surface area contributed by atoms with Crippen molar-refractivity contribution in [1.82, 2.24) is 0 Å². The zero-order valence-electron chi connectivity index (χ0n) is 11.7. The Morgan fingerprint density at radius 1 is 1.00 bits per heavy atom. The van der Waals surface area contributed by atoms with E-state index in [1.54, 1.807) is 0 Å². The Kier molecular flexibility index (Phi) is 3.87. The molecule has 0 radical (unpaired) electrons. The van der Waals surface area contributed by atoms with E-state index in [0.29, 0.717) is 11.6 Å². The van der Waals surface area contributed by atoms with Gasteiger partial charge in [0.1, 0.15) is 7.28 Å². The molecule has 0 bridgehead atoms. The van der Waals surface area contributed by atoms with E-state index in [2.05, 4.69) is 79.5 Å². The van der Waals surface area contributed by atoms with Crippen molar-refractivity contribution in [2.45, 2.75) is 18.1 Å². The van der Waals surface area contributed by atoms with E-state index in [0.717, 1.165) is 12.0 Å². The van der Waals surface area contributed by atoms with Crippen molar-refractivity contribution >= 4 is 12.9 Å². The van der Waals surface area contributed by atoms with Gasteiger partial charge in [-0.3, -0.25) is 0 Å². The van der Waals surface area contributed by atoms with Crippen molar-refractivity contribution in [3.63, 3.8) is 0 Å². The van der Waals surface area contributed by atoms with E-state index in [4.69, 9.17) is 0 Å². The lowest BCUT2D eigenvalue weighted by Crippen LogP contribution is -2.12. The summed E-state index contributed by atoms with van der Waals surface area (Å²) in [6.45, 7) is 4.22. The summed E-state index contributed by atoms with van der Waals surface area (Å²) >= 11 is 0. The van der Waals surface area contributed by atoms with Gasteiger partial charge < -0.3 is 0 Å². The Morgan fingerprint density at radius 3 is 2.65 bits per heavy atom. The van der Waals surface area contributed by atoms with E-state index >= 15 is 0 Å². The van der Waals surface area contributed by atoms with Gasteiger partial charge in [-0.25, -0.2) is 0 Å². The molecule has 0 amide bonds. The fraction of sp³-hybridized carbons (Fsp3) is 0.158. The molecule has 1 unspecified atom stereocenters. The van der Waals surface area contributed by atoms with Crippen LogP contribution in [0.1, 0.15) is 23.4 Å². The fourth-order valence-electron chi connectivity index (χ4n) is 3.04. The van der Waals surface area contributed by atoms with Crippen molar-refractivity contribution in [2.24, 2.45) is 0 Å². The lowest BCUT2D eigenvalue weighted by Gasteiger charge is -2.20. The van der Waals surface area contributed by atoms with E-state index in [1.807, 2.05) is 0 Å². The monoisotopic (exact) mass is 258 g/mol. The molecule has 2 aliphatic carbocycles. The van der Waals surface area contributed by atoms with Crippen LogP contribution < -0.4 is 0 Å². The average molecular weight is 258 g/mol. The van der Waals surface area contributed by atoms with Gasteiger partial charge in [0, 0.05) is 0 Å². The van der Waals surface area contributed by atoms with Gasteiger partial charge in [0.2, 0.25) is 0 Å². The highest BCUT2D eigenvalue weighted by Gasteiger charge is 2.20. The van der Waals surface area contributed by atoms with Crippen molar-refractivity contribution < 1.29 is 0 Å². The summed E-state index contributed by atoms with van der Waals surface area (Å²) in [4.78, 5) is 0. The number of hydrogen-bond donors (Lipinski definition) is 0. The van der Waals surface area contributed by atoms with Crippen LogP contribution in [0.15, 0.2) is 79.5 Å². The molecule has 98 valence electrons. The molecule has 0 N–H and O–H groups in total. The van der Waals surface area contributed by atoms with Gasteiger partial charge in [-0.15, -0.1) is 0 Å². The predicted octanol–water partition coefficient (Wildman–Crippen LogP) is 4.61. The summed E-state index contributed by atoms with van der Waals surface area (Å²) in [6, 6.07) is 8.71. The molecule has 0 aromatic heterocycles. The van der Waals surface area contributed by atoms with Gasteiger partial charge in [0.25, 0.3) is 0 Å². The standard InChI is InChI=1S/C19H19B/c1-15-9-3-2-4-14-19(20-16-10-5-6-11-16)18-13-8-7-12-17(15)18/h2-13,16,19-20H,1,14H2/b4-2-,9-3-. The molecule has 2 aliphatic rings. The van der Waals surface area contributed by atoms with Crippen LogP contribution in [-0.2, 0) is 0 Å². The average Bonchev–Trinajstić information content (AvgIpc) is 2.99. The zero-order valence-corrected chi connectivity index (χ0v) is 11.7. The molecule has 3 rings (SSSR count). The molecule has 1 heteroatoms. The second-order valence-electron chi connectivity index (χ2n) is 5.50. The minimum absolute atomic E-state index is 0.552. The molecule has 1 aromatic carbocycles. The minimum atomic E-state index is 0.552. The third kappa shape index (κ3) is 2.77. The van der Waals surface area contributed by atoms with Crippen LogP contribution in [0.4, 0.5) is 0 Å². The van der Waals surface area contributed by atoms with Crippen LogP contribution in [0.2, 0.25) is 5.82 Å². The lowest BCUT2D eigenvalue weighted by molar-refractivity contribution is 0.927. The Labute approximate surface area is 122 Å². The van der Waals surface area contributed by atoms with Gasteiger partial charge in [-0.05, 0) is 34.8 Å². The minimum Gasteiger partial charge on any atom is -0.0912 e. The lowest BCUT2D eigenvalue weighted by atomic mass is 9.52. The maximum atomic E-state index is 4.22. The van der Waals surface area contributed by atoms with Crippen LogP contribution in [0.5, 0.6) is 0 Å². The van der Waals surface area contributed by atoms with Crippen LogP contribution in [0.3, 0.4) is 0 Å². The summed E-state index contributed by atoms with van der Waals surface area (Å²) in [7, 11) is 1.17. The third-order valence-electron chi connectivity index (χ3n) is 4.10. The molecule has 0 fully saturated rings. The van der Waals surface area contributed by atoms with E-state index in [-0.39, 0.29) is 0 Å². The van der Waals surface area contributed by atoms with E-state index < -0.39 is 0 Å². The molecule has 0 spiro atoms. The van der Waals surface area contributed by atoms with Crippen LogP contribution in [0.25, 0.3) is 5.57 Å². The second-order valence-corrected chi connectivity index (χ2v) is 5.50. The highest BCUT2D eigenvalue weighted by molar-refractivity contribution is 6.41. The normalized spacial score (nSPS) is 24.6. The summed E-state index contributed by atoms with van der Waals surface area (Å²) in [5, 5.41) is 0. The SMILES string of the molecule is C=C1/C=C\C=C/CC(BC2C=CC=C2)c2ccccc21. The number of rotatable bonds is 2. The molecule has 0 heterocycles. The first-order chi connectivity index (χ1) is 9.84. The van der Waals surface area contributed by atoms with Gasteiger partial charge in [0.15, 0.2) is 0 Å². The molecule has 1 aromatic rings. The third-order valence-corrected chi connectivity index (χ3v) is 4.10. The topological polar surface area (TPSA) is 0 Å². The van der Waals surface area contributed by atoms with Crippen LogP contribution in [-0.4, -0.2) is 7.28 Å². The summed E-state index contributed by atoms with van der Waals surface area (Å²) in [6.07, 6.45) is 18.6. The molecule has 0 saturated heterocycles. The van der Waals surface area contributed by atoms with Crippen molar-refractivity contribution in [2.75, 3.05) is 0 Å². The van der Waals surface area contributed by atoms with Gasteiger partial charge in [-0.1, -0.05) is 79.5 Å². The first-order valence-electron chi connectivity index (χ1n) is 7.31. The highest BCUT2D eigenvalue weighted by Crippen LogP contribution is 2.32. The van der Waals surface area contributed by atoms with Crippen LogP contribution in [0, 0.1) is 0 Å². The van der Waals surface area contributed by atoms with Gasteiger partial charge in [-0.2, -0.15) is 0 Å². The van der Waals surface area contributed by atoms with Gasteiger partial charge in [0.05, 0.1) is 0 Å². The summed E-state index contributed by atoms with van der Waals surface area (Å²) in [5.74, 6) is 1.12. The number of allylic oxidation sites excluding steroid dienone is 9. The summed E-state index contributed by atoms with van der Waals surface area (Å²) < 4.78 is 0. The zero-order chi connectivity index (χ0) is 13.8. The Morgan fingerprint density at radius 2 is 1.80 bits per heavy atom. The van der Waals surface area contributed by atoms with E-state index in [1.165, 1.54) is 18.4 Å². The Hall–Kier alpha value is -2.02. The Bertz CT molecular complexity index is 604. The molecule has 1 atom stereocenters. The fourth-order valence-corrected chi connectivity index (χ4v) is 3.04. The second kappa shape index (κ2) is 5.96. The highest BCUT2D eigenvalue weighted by atomic mass is 14.1. The molecule has 0 aliphatic heterocycles. The number of benzene rings is 1. The van der Waals surface area contributed by atoms with Crippen molar-refractivity contribution in [3.05, 3.63) is 90.6 Å². The first kappa shape index (κ1) is 13.0. The summed E-state index contributed by atoms with van der Waals surface area (Å²) in [5.41, 5.74) is 3.83. The molecule has 20 heavy (non-hydrogen) atoms. The van der Waals surface area contributed by atoms with Crippen molar-refractivity contribution in [1.29, 1.82) is 0 Å². The quantitative estimate of drug-likeness (QED) is 0.679. The van der Waals surface area contributed by atoms with Gasteiger partial charge >= 0.3 is 0 Å². The maximum absolute atomic E-state index is 4.22. The van der Waals surface area contributed by atoms with E-state index in [9.17, 15) is 0 Å². The molecule has 0 saturated carbocycles. The maximum Gasteiger partial charge on any atom is 0.143 e. The first-order valence-corrected chi connectivity index (χ1v) is 7.31. The largest absolute Gasteiger partial charge is 0.143 e. The van der Waals surface area contributed by atoms with Crippen LogP contribution >= 0.6 is 0 Å². The molecular weight excluding hydrogens is 239 g/mol. The van der Waals surface area contributed by atoms with Crippen molar-refractivity contribution in [3.8, 4) is 0 Å². The molecule has 0 nitrogen and oxygen atoms in total. The Balaban J connectivity index is 1.96. The number of fused-ring (bicyclic) bond motifs is 1. The smallest absolute Gasteiger partial charge is 0.0912 e. The predicted molar refractivity (Wildman–Crippen MR) is 90.3 cm³/mol.